The van der Waals surface area contributed by atoms with Crippen LogP contribution in [-0.4, -0.2) is 17.4 Å². The standard InChI is InChI=1S/C8H6N4O/c9-3-5-1-2-6-8(11-5)10-4-7(13)12-6/h1-2H,4H2,(H,10,11)(H,12,13). The summed E-state index contributed by atoms with van der Waals surface area (Å²) in [5, 5.41) is 14.0. The van der Waals surface area contributed by atoms with Crippen LogP contribution in [0.25, 0.3) is 0 Å². The molecular weight excluding hydrogens is 168 g/mol. The van der Waals surface area contributed by atoms with Crippen molar-refractivity contribution in [3.8, 4) is 6.07 Å². The summed E-state index contributed by atoms with van der Waals surface area (Å²) in [6.45, 7) is 0.203. The van der Waals surface area contributed by atoms with Gasteiger partial charge in [0, 0.05) is 0 Å². The number of pyridine rings is 1. The van der Waals surface area contributed by atoms with Crippen molar-refractivity contribution in [3.05, 3.63) is 17.8 Å². The van der Waals surface area contributed by atoms with Crippen LogP contribution in [0.5, 0.6) is 0 Å². The minimum Gasteiger partial charge on any atom is -0.359 e. The van der Waals surface area contributed by atoms with Gasteiger partial charge in [0.2, 0.25) is 5.91 Å². The lowest BCUT2D eigenvalue weighted by Crippen LogP contribution is -2.28. The van der Waals surface area contributed by atoms with Crippen LogP contribution in [0.15, 0.2) is 12.1 Å². The van der Waals surface area contributed by atoms with Crippen LogP contribution in [0.1, 0.15) is 5.69 Å². The van der Waals surface area contributed by atoms with Crippen molar-refractivity contribution in [3.63, 3.8) is 0 Å². The normalized spacial score (nSPS) is 13.6. The molecule has 0 aliphatic carbocycles. The Bertz CT molecular complexity index is 407. The molecule has 0 saturated carbocycles. The van der Waals surface area contributed by atoms with E-state index in [1.165, 1.54) is 0 Å². The van der Waals surface area contributed by atoms with E-state index in [4.69, 9.17) is 5.26 Å². The second-order valence-electron chi connectivity index (χ2n) is 2.61. The summed E-state index contributed by atoms with van der Waals surface area (Å²) in [5.74, 6) is 0.456. The third-order valence-corrected chi connectivity index (χ3v) is 1.70. The van der Waals surface area contributed by atoms with Crippen molar-refractivity contribution in [1.29, 1.82) is 5.26 Å². The number of hydrogen-bond donors (Lipinski definition) is 2. The smallest absolute Gasteiger partial charge is 0.243 e. The van der Waals surface area contributed by atoms with Crippen LogP contribution in [0.2, 0.25) is 0 Å². The summed E-state index contributed by atoms with van der Waals surface area (Å²) in [6, 6.07) is 5.14. The molecule has 2 rings (SSSR count). The number of anilines is 2. The van der Waals surface area contributed by atoms with E-state index in [-0.39, 0.29) is 12.5 Å². The van der Waals surface area contributed by atoms with Gasteiger partial charge in [-0.1, -0.05) is 0 Å². The Morgan fingerprint density at radius 2 is 2.38 bits per heavy atom. The summed E-state index contributed by atoms with van der Waals surface area (Å²) in [4.78, 5) is 14.9. The van der Waals surface area contributed by atoms with Gasteiger partial charge < -0.3 is 10.6 Å². The molecule has 0 saturated heterocycles. The average Bonchev–Trinajstić information content (AvgIpc) is 2.17. The van der Waals surface area contributed by atoms with Crippen LogP contribution >= 0.6 is 0 Å². The Morgan fingerprint density at radius 1 is 1.54 bits per heavy atom. The topological polar surface area (TPSA) is 77.8 Å². The van der Waals surface area contributed by atoms with Crippen LogP contribution in [0.4, 0.5) is 11.5 Å². The molecule has 0 unspecified atom stereocenters. The molecule has 0 atom stereocenters. The molecule has 5 heteroatoms. The van der Waals surface area contributed by atoms with Crippen LogP contribution < -0.4 is 10.6 Å². The van der Waals surface area contributed by atoms with Gasteiger partial charge in [0.05, 0.1) is 12.2 Å². The third-order valence-electron chi connectivity index (χ3n) is 1.70. The van der Waals surface area contributed by atoms with Gasteiger partial charge in [-0.05, 0) is 12.1 Å². The fourth-order valence-electron chi connectivity index (χ4n) is 1.12. The molecule has 64 valence electrons. The van der Waals surface area contributed by atoms with Crippen LogP contribution in [-0.2, 0) is 4.79 Å². The van der Waals surface area contributed by atoms with Gasteiger partial charge in [-0.2, -0.15) is 5.26 Å². The molecule has 1 aromatic heterocycles. The maximum atomic E-state index is 10.9. The lowest BCUT2D eigenvalue weighted by atomic mass is 10.3. The summed E-state index contributed by atoms with van der Waals surface area (Å²) >= 11 is 0. The van der Waals surface area contributed by atoms with Crippen LogP contribution in [0.3, 0.4) is 0 Å². The minimum atomic E-state index is -0.0981. The number of rotatable bonds is 0. The number of carbonyl (C=O) groups is 1. The molecular formula is C8H6N4O. The van der Waals surface area contributed by atoms with Crippen molar-refractivity contribution in [2.45, 2.75) is 0 Å². The molecule has 0 bridgehead atoms. The first kappa shape index (κ1) is 7.55. The average molecular weight is 174 g/mol. The number of aromatic nitrogens is 1. The molecule has 0 fully saturated rings. The number of nitrogens with one attached hydrogen (secondary N) is 2. The number of fused-ring (bicyclic) bond motifs is 1. The van der Waals surface area contributed by atoms with E-state index in [1.54, 1.807) is 12.1 Å². The third kappa shape index (κ3) is 1.29. The van der Waals surface area contributed by atoms with Gasteiger partial charge in [-0.3, -0.25) is 4.79 Å². The molecule has 13 heavy (non-hydrogen) atoms. The van der Waals surface area contributed by atoms with E-state index >= 15 is 0 Å². The Morgan fingerprint density at radius 3 is 3.15 bits per heavy atom. The van der Waals surface area contributed by atoms with E-state index in [0.29, 0.717) is 17.2 Å². The maximum absolute atomic E-state index is 10.9. The highest BCUT2D eigenvalue weighted by Gasteiger charge is 2.14. The Labute approximate surface area is 74.4 Å². The predicted molar refractivity (Wildman–Crippen MR) is 46.1 cm³/mol. The number of nitrogens with zero attached hydrogens (tertiary/aromatic N) is 2. The number of carbonyl (C=O) groups excluding carboxylic acids is 1. The highest BCUT2D eigenvalue weighted by Crippen LogP contribution is 2.21. The van der Waals surface area contributed by atoms with E-state index in [1.807, 2.05) is 6.07 Å². The van der Waals surface area contributed by atoms with Crippen molar-refractivity contribution >= 4 is 17.4 Å². The Kier molecular flexibility index (Phi) is 1.60. The summed E-state index contributed by atoms with van der Waals surface area (Å²) in [6.07, 6.45) is 0. The van der Waals surface area contributed by atoms with Gasteiger partial charge >= 0.3 is 0 Å². The predicted octanol–water partition coefficient (Wildman–Crippen LogP) is 0.317. The zero-order chi connectivity index (χ0) is 9.26. The molecule has 2 N–H and O–H groups in total. The van der Waals surface area contributed by atoms with Gasteiger partial charge in [0.15, 0.2) is 5.82 Å². The second kappa shape index (κ2) is 2.75. The van der Waals surface area contributed by atoms with E-state index in [2.05, 4.69) is 15.6 Å². The molecule has 1 aliphatic rings. The first-order valence-electron chi connectivity index (χ1n) is 3.74. The summed E-state index contributed by atoms with van der Waals surface area (Å²) in [7, 11) is 0. The van der Waals surface area contributed by atoms with Crippen molar-refractivity contribution in [1.82, 2.24) is 4.98 Å². The van der Waals surface area contributed by atoms with E-state index in [9.17, 15) is 4.79 Å². The lowest BCUT2D eigenvalue weighted by Gasteiger charge is -2.16. The SMILES string of the molecule is N#Cc1ccc2c(n1)NCC(=O)N2. The summed E-state index contributed by atoms with van der Waals surface area (Å²) < 4.78 is 0. The van der Waals surface area contributed by atoms with Crippen molar-refractivity contribution in [2.75, 3.05) is 17.2 Å². The molecule has 1 amide bonds. The van der Waals surface area contributed by atoms with Crippen molar-refractivity contribution in [2.24, 2.45) is 0 Å². The molecule has 5 nitrogen and oxygen atoms in total. The van der Waals surface area contributed by atoms with E-state index in [0.717, 1.165) is 0 Å². The number of amides is 1. The molecule has 0 aromatic carbocycles. The monoisotopic (exact) mass is 174 g/mol. The first-order valence-corrected chi connectivity index (χ1v) is 3.74. The zero-order valence-electron chi connectivity index (χ0n) is 6.66. The molecule has 1 aromatic rings. The molecule has 0 spiro atoms. The maximum Gasteiger partial charge on any atom is 0.243 e. The van der Waals surface area contributed by atoms with Gasteiger partial charge in [0.25, 0.3) is 0 Å². The summed E-state index contributed by atoms with van der Waals surface area (Å²) in [5.41, 5.74) is 0.956. The Hall–Kier alpha value is -2.09. The molecule has 0 radical (unpaired) electrons. The first-order chi connectivity index (χ1) is 6.29. The zero-order valence-corrected chi connectivity index (χ0v) is 6.66. The minimum absolute atomic E-state index is 0.0981. The fourth-order valence-corrected chi connectivity index (χ4v) is 1.12. The second-order valence-corrected chi connectivity index (χ2v) is 2.61. The quantitative estimate of drug-likeness (QED) is 0.593. The van der Waals surface area contributed by atoms with Crippen LogP contribution in [0, 0.1) is 11.3 Å². The van der Waals surface area contributed by atoms with Crippen molar-refractivity contribution < 1.29 is 4.79 Å². The molecule has 1 aliphatic heterocycles. The molecule has 2 heterocycles. The van der Waals surface area contributed by atoms with Gasteiger partial charge in [-0.15, -0.1) is 0 Å². The highest BCUT2D eigenvalue weighted by molar-refractivity contribution is 5.99. The highest BCUT2D eigenvalue weighted by atomic mass is 16.2. The van der Waals surface area contributed by atoms with Gasteiger partial charge in [0.1, 0.15) is 11.8 Å². The fraction of sp³-hybridized carbons (Fsp3) is 0.125. The lowest BCUT2D eigenvalue weighted by molar-refractivity contribution is -0.114. The number of nitriles is 1. The van der Waals surface area contributed by atoms with E-state index < -0.39 is 0 Å². The number of hydrogen-bond acceptors (Lipinski definition) is 4. The Balaban J connectivity index is 2.43. The van der Waals surface area contributed by atoms with Gasteiger partial charge in [-0.25, -0.2) is 4.98 Å². The largest absolute Gasteiger partial charge is 0.359 e.